The molecule has 55 heavy (non-hydrogen) atoms. The lowest BCUT2D eigenvalue weighted by Gasteiger charge is -2.15. The van der Waals surface area contributed by atoms with E-state index < -0.39 is 5.91 Å². The van der Waals surface area contributed by atoms with Crippen LogP contribution in [0.4, 0.5) is 20.4 Å². The predicted molar refractivity (Wildman–Crippen MR) is 203 cm³/mol. The van der Waals surface area contributed by atoms with Crippen molar-refractivity contribution in [3.8, 4) is 17.7 Å². The van der Waals surface area contributed by atoms with Gasteiger partial charge in [-0.15, -0.1) is 0 Å². The molecule has 8 rings (SSSR count). The first-order valence-corrected chi connectivity index (χ1v) is 17.0. The summed E-state index contributed by atoms with van der Waals surface area (Å²) in [5.74, 6) is 1.11. The molecule has 4 N–H and O–H groups in total. The van der Waals surface area contributed by atoms with Gasteiger partial charge in [0.05, 0.1) is 70.6 Å². The third-order valence-electron chi connectivity index (χ3n) is 8.67. The van der Waals surface area contributed by atoms with Gasteiger partial charge in [-0.25, -0.2) is 28.7 Å². The summed E-state index contributed by atoms with van der Waals surface area (Å²) in [4.78, 5) is 37.8. The first kappa shape index (κ1) is 35.8. The molecule has 15 heteroatoms. The zero-order valence-electron chi connectivity index (χ0n) is 29.5. The van der Waals surface area contributed by atoms with E-state index in [9.17, 15) is 13.6 Å². The van der Waals surface area contributed by atoms with Crippen molar-refractivity contribution < 1.29 is 13.6 Å². The Labute approximate surface area is 313 Å². The summed E-state index contributed by atoms with van der Waals surface area (Å²) in [6.45, 7) is 3.84. The van der Waals surface area contributed by atoms with Gasteiger partial charge in [0.2, 0.25) is 5.91 Å². The van der Waals surface area contributed by atoms with Gasteiger partial charge in [-0.05, 0) is 85.6 Å². The zero-order chi connectivity index (χ0) is 38.5. The number of hydrogen-bond donors (Lipinski definition) is 3. The third-order valence-corrected chi connectivity index (χ3v) is 8.67. The number of anilines is 2. The van der Waals surface area contributed by atoms with Crippen molar-refractivity contribution in [1.82, 2.24) is 39.0 Å². The van der Waals surface area contributed by atoms with Gasteiger partial charge in [0.25, 0.3) is 0 Å². The van der Waals surface area contributed by atoms with Crippen molar-refractivity contribution in [2.45, 2.75) is 25.9 Å². The highest BCUT2D eigenvalue weighted by molar-refractivity contribution is 5.96. The van der Waals surface area contributed by atoms with E-state index in [-0.39, 0.29) is 23.7 Å². The highest BCUT2D eigenvalue weighted by Gasteiger charge is 2.13. The fourth-order valence-corrected chi connectivity index (χ4v) is 5.85. The standard InChI is InChI=1S/C20H17FN6O.C20H15FN6/c1-12(13-3-2-4-15(21)7-13)25-18-9-23-10-19(26-18)27-11-24-16-6-5-14(20(22)28)8-17(16)27;1-13(15-3-2-4-16(21)8-15)25-19-10-23-11-20(26-19)27-12-24-17-6-5-14(9-22)7-18(17)27/h2-12H,1H3,(H2,22,28)(H,25,26);2-8,10-13H,1H3,(H,25,26). The van der Waals surface area contributed by atoms with Crippen LogP contribution in [0.15, 0.2) is 122 Å². The lowest BCUT2D eigenvalue weighted by molar-refractivity contribution is 0.100. The van der Waals surface area contributed by atoms with Gasteiger partial charge in [0, 0.05) is 5.56 Å². The molecule has 0 fully saturated rings. The summed E-state index contributed by atoms with van der Waals surface area (Å²) in [6, 6.07) is 24.9. The normalized spacial score (nSPS) is 12.0. The first-order chi connectivity index (χ1) is 26.6. The molecule has 0 bridgehead atoms. The Balaban J connectivity index is 0.000000169. The average molecular weight is 735 g/mol. The maximum atomic E-state index is 13.5. The highest BCUT2D eigenvalue weighted by Crippen LogP contribution is 2.23. The van der Waals surface area contributed by atoms with Gasteiger partial charge >= 0.3 is 0 Å². The monoisotopic (exact) mass is 734 g/mol. The molecule has 0 aliphatic rings. The van der Waals surface area contributed by atoms with Crippen LogP contribution in [0.1, 0.15) is 53.0 Å². The van der Waals surface area contributed by atoms with Crippen LogP contribution in [-0.2, 0) is 0 Å². The van der Waals surface area contributed by atoms with Crippen molar-refractivity contribution >= 4 is 39.6 Å². The van der Waals surface area contributed by atoms with Gasteiger partial charge in [-0.2, -0.15) is 5.26 Å². The molecule has 2 atom stereocenters. The van der Waals surface area contributed by atoms with E-state index in [0.717, 1.165) is 22.2 Å². The molecule has 13 nitrogen and oxygen atoms in total. The lowest BCUT2D eigenvalue weighted by Crippen LogP contribution is -2.11. The number of halogens is 2. The number of nitrogens with zero attached hydrogens (tertiary/aromatic N) is 9. The summed E-state index contributed by atoms with van der Waals surface area (Å²) in [6.07, 6.45) is 9.68. The number of fused-ring (bicyclic) bond motifs is 2. The topological polar surface area (TPSA) is 178 Å². The number of amides is 1. The number of primary amides is 1. The number of carbonyl (C=O) groups is 1. The average Bonchev–Trinajstić information content (AvgIpc) is 3.82. The van der Waals surface area contributed by atoms with Crippen LogP contribution in [0.25, 0.3) is 33.7 Å². The van der Waals surface area contributed by atoms with Crippen molar-refractivity contribution in [3.05, 3.63) is 156 Å². The highest BCUT2D eigenvalue weighted by atomic mass is 19.1. The number of hydrogen-bond acceptors (Lipinski definition) is 10. The maximum Gasteiger partial charge on any atom is 0.248 e. The van der Waals surface area contributed by atoms with E-state index in [1.165, 1.54) is 24.3 Å². The number of nitriles is 1. The van der Waals surface area contributed by atoms with Crippen LogP contribution < -0.4 is 16.4 Å². The van der Waals surface area contributed by atoms with Crippen LogP contribution in [-0.4, -0.2) is 44.9 Å². The maximum absolute atomic E-state index is 13.5. The summed E-state index contributed by atoms with van der Waals surface area (Å²) in [7, 11) is 0. The van der Waals surface area contributed by atoms with Crippen molar-refractivity contribution in [3.63, 3.8) is 0 Å². The van der Waals surface area contributed by atoms with Crippen LogP contribution in [0.5, 0.6) is 0 Å². The minimum Gasteiger partial charge on any atom is -0.366 e. The van der Waals surface area contributed by atoms with Crippen LogP contribution >= 0.6 is 0 Å². The minimum absolute atomic E-state index is 0.144. The quantitative estimate of drug-likeness (QED) is 0.137. The fraction of sp³-hybridized carbons (Fsp3) is 0.100. The fourth-order valence-electron chi connectivity index (χ4n) is 5.85. The van der Waals surface area contributed by atoms with Gasteiger partial charge in [-0.1, -0.05) is 24.3 Å². The molecule has 0 saturated heterocycles. The smallest absolute Gasteiger partial charge is 0.248 e. The van der Waals surface area contributed by atoms with Gasteiger partial charge in [0.1, 0.15) is 35.9 Å². The Morgan fingerprint density at radius 1 is 0.709 bits per heavy atom. The molecule has 0 aliphatic carbocycles. The number of carbonyl (C=O) groups excluding carboxylic acids is 1. The largest absolute Gasteiger partial charge is 0.366 e. The lowest BCUT2D eigenvalue weighted by atomic mass is 10.1. The van der Waals surface area contributed by atoms with Gasteiger partial charge in [0.15, 0.2) is 11.6 Å². The minimum atomic E-state index is -0.514. The van der Waals surface area contributed by atoms with E-state index in [0.29, 0.717) is 45.4 Å². The molecule has 8 aromatic rings. The molecule has 0 spiro atoms. The second-order valence-electron chi connectivity index (χ2n) is 12.5. The Kier molecular flexibility index (Phi) is 10.1. The molecule has 0 radical (unpaired) electrons. The number of nitrogens with two attached hydrogens (primary N) is 1. The molecular formula is C40H32F2N12O. The molecule has 0 aliphatic heterocycles. The van der Waals surface area contributed by atoms with Crippen molar-refractivity contribution in [2.24, 2.45) is 5.73 Å². The van der Waals surface area contributed by atoms with E-state index in [2.05, 4.69) is 46.6 Å². The number of imidazole rings is 2. The predicted octanol–water partition coefficient (Wildman–Crippen LogP) is 7.23. The van der Waals surface area contributed by atoms with Crippen LogP contribution in [0, 0.1) is 23.0 Å². The molecule has 4 aromatic heterocycles. The van der Waals surface area contributed by atoms with Crippen molar-refractivity contribution in [2.75, 3.05) is 10.6 Å². The number of nitrogens with one attached hydrogen (secondary N) is 2. The van der Waals surface area contributed by atoms with E-state index in [1.54, 1.807) is 95.1 Å². The molecule has 2 unspecified atom stereocenters. The molecular weight excluding hydrogens is 703 g/mol. The van der Waals surface area contributed by atoms with E-state index in [4.69, 9.17) is 11.0 Å². The number of aromatic nitrogens is 8. The third kappa shape index (κ3) is 8.08. The van der Waals surface area contributed by atoms with Gasteiger partial charge in [-0.3, -0.25) is 23.9 Å². The molecule has 0 saturated carbocycles. The summed E-state index contributed by atoms with van der Waals surface area (Å²) in [5, 5.41) is 15.6. The van der Waals surface area contributed by atoms with Gasteiger partial charge < -0.3 is 16.4 Å². The zero-order valence-corrected chi connectivity index (χ0v) is 29.5. The Bertz CT molecular complexity index is 2700. The summed E-state index contributed by atoms with van der Waals surface area (Å²) >= 11 is 0. The Morgan fingerprint density at radius 3 is 1.71 bits per heavy atom. The first-order valence-electron chi connectivity index (χ1n) is 17.0. The summed E-state index contributed by atoms with van der Waals surface area (Å²) < 4.78 is 30.4. The second-order valence-corrected chi connectivity index (χ2v) is 12.5. The second kappa shape index (κ2) is 15.6. The van der Waals surface area contributed by atoms with Crippen LogP contribution in [0.2, 0.25) is 0 Å². The number of benzene rings is 4. The molecule has 4 heterocycles. The van der Waals surface area contributed by atoms with Crippen molar-refractivity contribution in [1.29, 1.82) is 5.26 Å². The summed E-state index contributed by atoms with van der Waals surface area (Å²) in [5.41, 5.74) is 10.9. The van der Waals surface area contributed by atoms with Crippen LogP contribution in [0.3, 0.4) is 0 Å². The SMILES string of the molecule is CC(Nc1cncc(-n2cnc3ccc(C#N)cc32)n1)c1cccc(F)c1.CC(Nc1cncc(-n2cnc3ccc(C(N)=O)cc32)n1)c1cccc(F)c1. The molecule has 272 valence electrons. The molecule has 4 aromatic carbocycles. The Hall–Kier alpha value is -7.60. The van der Waals surface area contributed by atoms with E-state index >= 15 is 0 Å². The number of rotatable bonds is 9. The Morgan fingerprint density at radius 2 is 1.22 bits per heavy atom. The van der Waals surface area contributed by atoms with E-state index in [1.807, 2.05) is 26.0 Å². The molecule has 1 amide bonds.